The maximum Gasteiger partial charge on any atom is 0.360 e. The van der Waals surface area contributed by atoms with E-state index in [0.717, 1.165) is 0 Å². The molecule has 0 bridgehead atoms. The Bertz CT molecular complexity index is 1010. The van der Waals surface area contributed by atoms with Gasteiger partial charge in [-0.2, -0.15) is 5.10 Å². The van der Waals surface area contributed by atoms with E-state index in [1.165, 1.54) is 11.7 Å². The number of fused-ring (bicyclic) bond motifs is 1. The number of aryl methyl sites for hydroxylation is 1. The van der Waals surface area contributed by atoms with E-state index < -0.39 is 11.5 Å². The van der Waals surface area contributed by atoms with Crippen LogP contribution in [0, 0.1) is 0 Å². The second kappa shape index (κ2) is 6.96. The van der Waals surface area contributed by atoms with Crippen LogP contribution >= 0.6 is 0 Å². The van der Waals surface area contributed by atoms with Crippen LogP contribution < -0.4 is 11.0 Å². The molecule has 126 valence electrons. The van der Waals surface area contributed by atoms with E-state index in [-0.39, 0.29) is 11.4 Å². The fraction of sp³-hybridized carbons (Fsp3) is 0.111. The van der Waals surface area contributed by atoms with E-state index in [0.29, 0.717) is 16.7 Å². The molecular weight excluding hydrogens is 320 g/mol. The number of benzene rings is 2. The number of hydrogen-bond acceptors (Lipinski definition) is 6. The van der Waals surface area contributed by atoms with Crippen LogP contribution in [-0.4, -0.2) is 28.3 Å². The average molecular weight is 336 g/mol. The number of ether oxygens (including phenoxy) is 1. The highest BCUT2D eigenvalue weighted by Gasteiger charge is 2.22. The van der Waals surface area contributed by atoms with Gasteiger partial charge in [0.05, 0.1) is 23.8 Å². The lowest BCUT2D eigenvalue weighted by atomic mass is 10.2. The number of aromatic nitrogens is 2. The molecule has 0 amide bonds. The molecule has 1 heterocycles. The van der Waals surface area contributed by atoms with Gasteiger partial charge < -0.3 is 9.30 Å². The Morgan fingerprint density at radius 3 is 2.52 bits per heavy atom. The molecule has 7 heteroatoms. The van der Waals surface area contributed by atoms with Crippen molar-refractivity contribution in [2.45, 2.75) is 0 Å². The first-order valence-corrected chi connectivity index (χ1v) is 7.55. The van der Waals surface area contributed by atoms with Gasteiger partial charge in [0.25, 0.3) is 5.56 Å². The Morgan fingerprint density at radius 2 is 1.80 bits per heavy atom. The third-order valence-electron chi connectivity index (χ3n) is 3.66. The van der Waals surface area contributed by atoms with Crippen LogP contribution in [0.1, 0.15) is 5.69 Å². The molecule has 2 aromatic carbocycles. The molecule has 0 unspecified atom stereocenters. The number of nitrogens with one attached hydrogen (secondary N) is 1. The van der Waals surface area contributed by atoms with Gasteiger partial charge >= 0.3 is 5.97 Å². The molecule has 7 nitrogen and oxygen atoms in total. The van der Waals surface area contributed by atoms with Crippen LogP contribution in [0.25, 0.3) is 11.0 Å². The Kier molecular flexibility index (Phi) is 4.56. The summed E-state index contributed by atoms with van der Waals surface area (Å²) in [5.41, 5.74) is 3.98. The molecule has 0 spiro atoms. The molecular formula is C18H16N4O3. The Hall–Kier alpha value is -3.48. The van der Waals surface area contributed by atoms with Crippen molar-refractivity contribution in [3.8, 4) is 0 Å². The summed E-state index contributed by atoms with van der Waals surface area (Å²) in [6.07, 6.45) is 0. The Balaban J connectivity index is 2.14. The van der Waals surface area contributed by atoms with Gasteiger partial charge in [-0.05, 0) is 24.3 Å². The van der Waals surface area contributed by atoms with Gasteiger partial charge in [0.1, 0.15) is 0 Å². The largest absolute Gasteiger partial charge is 0.464 e. The zero-order valence-corrected chi connectivity index (χ0v) is 13.8. The smallest absolute Gasteiger partial charge is 0.360 e. The fourth-order valence-electron chi connectivity index (χ4n) is 2.36. The standard InChI is InChI=1S/C18H16N4O3/c1-22-14-11-7-6-10-13(14)19-15(17(22)23)16(18(24)25-2)21-20-12-8-4-3-5-9-12/h3-11,20H,1-2H3/b21-16-. The minimum absolute atomic E-state index is 0.0727. The summed E-state index contributed by atoms with van der Waals surface area (Å²) in [4.78, 5) is 29.1. The van der Waals surface area contributed by atoms with Gasteiger partial charge in [0.2, 0.25) is 0 Å². The average Bonchev–Trinajstić information content (AvgIpc) is 2.66. The van der Waals surface area contributed by atoms with Crippen molar-refractivity contribution in [2.75, 3.05) is 12.5 Å². The minimum atomic E-state index is -0.747. The van der Waals surface area contributed by atoms with Crippen molar-refractivity contribution < 1.29 is 9.53 Å². The Labute approximate surface area is 143 Å². The fourth-order valence-corrected chi connectivity index (χ4v) is 2.36. The van der Waals surface area contributed by atoms with Crippen LogP contribution in [0.15, 0.2) is 64.5 Å². The van der Waals surface area contributed by atoms with Crippen molar-refractivity contribution in [2.24, 2.45) is 12.1 Å². The molecule has 0 aliphatic carbocycles. The van der Waals surface area contributed by atoms with Crippen molar-refractivity contribution >= 4 is 28.4 Å². The molecule has 25 heavy (non-hydrogen) atoms. The van der Waals surface area contributed by atoms with Gasteiger partial charge in [-0.15, -0.1) is 0 Å². The molecule has 3 aromatic rings. The van der Waals surface area contributed by atoms with Crippen molar-refractivity contribution in [1.82, 2.24) is 9.55 Å². The molecule has 0 atom stereocenters. The normalized spacial score (nSPS) is 11.4. The van der Waals surface area contributed by atoms with Crippen molar-refractivity contribution in [3.63, 3.8) is 0 Å². The van der Waals surface area contributed by atoms with Gasteiger partial charge in [-0.25, -0.2) is 9.78 Å². The van der Waals surface area contributed by atoms with E-state index >= 15 is 0 Å². The molecule has 1 N–H and O–H groups in total. The maximum absolute atomic E-state index is 12.6. The first-order valence-electron chi connectivity index (χ1n) is 7.55. The molecule has 0 fully saturated rings. The number of nitrogens with zero attached hydrogens (tertiary/aromatic N) is 3. The predicted molar refractivity (Wildman–Crippen MR) is 95.6 cm³/mol. The summed E-state index contributed by atoms with van der Waals surface area (Å²) in [7, 11) is 2.85. The lowest BCUT2D eigenvalue weighted by molar-refractivity contribution is -0.132. The topological polar surface area (TPSA) is 85.6 Å². The zero-order valence-electron chi connectivity index (χ0n) is 13.8. The van der Waals surface area contributed by atoms with Crippen molar-refractivity contribution in [1.29, 1.82) is 0 Å². The molecule has 0 aliphatic heterocycles. The van der Waals surface area contributed by atoms with Gasteiger partial charge in [-0.3, -0.25) is 10.2 Å². The number of carbonyl (C=O) groups excluding carboxylic acids is 1. The number of methoxy groups -OCH3 is 1. The lowest BCUT2D eigenvalue weighted by Gasteiger charge is -2.09. The summed E-state index contributed by atoms with van der Waals surface area (Å²) in [6, 6.07) is 16.2. The van der Waals surface area contributed by atoms with E-state index in [1.54, 1.807) is 37.4 Å². The first kappa shape index (κ1) is 16.4. The minimum Gasteiger partial charge on any atom is -0.464 e. The molecule has 3 rings (SSSR count). The lowest BCUT2D eigenvalue weighted by Crippen LogP contribution is -2.32. The van der Waals surface area contributed by atoms with E-state index in [4.69, 9.17) is 4.74 Å². The number of hydrogen-bond donors (Lipinski definition) is 1. The van der Waals surface area contributed by atoms with Crippen LogP contribution in [0.5, 0.6) is 0 Å². The van der Waals surface area contributed by atoms with Gasteiger partial charge in [0.15, 0.2) is 11.4 Å². The quantitative estimate of drug-likeness (QED) is 0.447. The number of rotatable bonds is 4. The maximum atomic E-state index is 12.6. The summed E-state index contributed by atoms with van der Waals surface area (Å²) < 4.78 is 6.19. The van der Waals surface area contributed by atoms with Crippen LogP contribution in [0.3, 0.4) is 0 Å². The third-order valence-corrected chi connectivity index (χ3v) is 3.66. The van der Waals surface area contributed by atoms with E-state index in [1.807, 2.05) is 24.3 Å². The van der Waals surface area contributed by atoms with Crippen LogP contribution in [0.4, 0.5) is 5.69 Å². The summed E-state index contributed by atoms with van der Waals surface area (Å²) >= 11 is 0. The van der Waals surface area contributed by atoms with Gasteiger partial charge in [-0.1, -0.05) is 30.3 Å². The first-order chi connectivity index (χ1) is 12.1. The SMILES string of the molecule is COC(=O)/C(=N\Nc1ccccc1)c1nc2ccccc2n(C)c1=O. The second-order valence-electron chi connectivity index (χ2n) is 5.24. The molecule has 0 saturated heterocycles. The van der Waals surface area contributed by atoms with E-state index in [9.17, 15) is 9.59 Å². The van der Waals surface area contributed by atoms with Crippen molar-refractivity contribution in [3.05, 3.63) is 70.6 Å². The third kappa shape index (κ3) is 3.25. The number of hydrazone groups is 1. The van der Waals surface area contributed by atoms with Crippen LogP contribution in [0.2, 0.25) is 0 Å². The summed E-state index contributed by atoms with van der Waals surface area (Å²) in [6.45, 7) is 0. The monoisotopic (exact) mass is 336 g/mol. The van der Waals surface area contributed by atoms with Crippen LogP contribution in [-0.2, 0) is 16.6 Å². The molecule has 0 radical (unpaired) electrons. The molecule has 0 saturated carbocycles. The number of para-hydroxylation sites is 3. The summed E-state index contributed by atoms with van der Waals surface area (Å²) in [5.74, 6) is -0.747. The zero-order chi connectivity index (χ0) is 17.8. The highest BCUT2D eigenvalue weighted by Crippen LogP contribution is 2.10. The number of carbonyl (C=O) groups is 1. The van der Waals surface area contributed by atoms with E-state index in [2.05, 4.69) is 15.5 Å². The summed E-state index contributed by atoms with van der Waals surface area (Å²) in [5, 5.41) is 4.06. The highest BCUT2D eigenvalue weighted by atomic mass is 16.5. The molecule has 0 aliphatic rings. The Morgan fingerprint density at radius 1 is 1.12 bits per heavy atom. The number of esters is 1. The predicted octanol–water partition coefficient (Wildman–Crippen LogP) is 1.92. The second-order valence-corrected chi connectivity index (χ2v) is 5.24. The molecule has 1 aromatic heterocycles. The van der Waals surface area contributed by atoms with Gasteiger partial charge in [0, 0.05) is 7.05 Å². The number of anilines is 1. The highest BCUT2D eigenvalue weighted by molar-refractivity contribution is 6.42.